The summed E-state index contributed by atoms with van der Waals surface area (Å²) in [5, 5.41) is 0. The van der Waals surface area contributed by atoms with E-state index in [9.17, 15) is 19.0 Å². The topological polar surface area (TPSA) is 111 Å². The fourth-order valence-corrected chi connectivity index (χ4v) is 10.7. The van der Waals surface area contributed by atoms with Crippen LogP contribution in [0, 0.1) is 0 Å². The molecule has 0 amide bonds. The van der Waals surface area contributed by atoms with Crippen molar-refractivity contribution < 1.29 is 42.1 Å². The number of hydrogen-bond acceptors (Lipinski definition) is 8. The van der Waals surface area contributed by atoms with Gasteiger partial charge in [0, 0.05) is 12.8 Å². The maximum absolute atomic E-state index is 12.9. The number of allylic oxidation sites excluding steroid dienone is 26. The summed E-state index contributed by atoms with van der Waals surface area (Å²) < 4.78 is 34.3. The van der Waals surface area contributed by atoms with Gasteiger partial charge in [0.1, 0.15) is 19.8 Å². The molecular weight excluding hydrogens is 1160 g/mol. The van der Waals surface area contributed by atoms with Crippen LogP contribution in [0.15, 0.2) is 158 Å². The van der Waals surface area contributed by atoms with E-state index in [0.29, 0.717) is 17.4 Å². The quantitative estimate of drug-likeness (QED) is 0.0195. The molecule has 0 aromatic rings. The molecule has 0 N–H and O–H groups in total. The van der Waals surface area contributed by atoms with Crippen molar-refractivity contribution >= 4 is 19.8 Å². The Kier molecular flexibility index (Phi) is 67.6. The van der Waals surface area contributed by atoms with Crippen LogP contribution in [0.25, 0.3) is 0 Å². The summed E-state index contributed by atoms with van der Waals surface area (Å²) in [6.07, 6.45) is 106. The Balaban J connectivity index is 4.01. The first-order valence-corrected chi connectivity index (χ1v) is 38.7. The molecule has 0 bridgehead atoms. The molecule has 0 radical (unpaired) electrons. The average Bonchev–Trinajstić information content (AvgIpc) is 2.14. The summed E-state index contributed by atoms with van der Waals surface area (Å²) >= 11 is 0. The number of carbonyl (C=O) groups is 2. The third-order valence-corrected chi connectivity index (χ3v) is 16.5. The second-order valence-corrected chi connectivity index (χ2v) is 27.0. The largest absolute Gasteiger partial charge is 0.756 e. The molecule has 0 rings (SSSR count). The van der Waals surface area contributed by atoms with E-state index in [1.54, 1.807) is 0 Å². The zero-order chi connectivity index (χ0) is 66.9. The molecule has 0 aliphatic carbocycles. The Labute approximate surface area is 566 Å². The van der Waals surface area contributed by atoms with Gasteiger partial charge in [-0.1, -0.05) is 320 Å². The Morgan fingerprint density at radius 3 is 0.870 bits per heavy atom. The van der Waals surface area contributed by atoms with Crippen LogP contribution in [0.4, 0.5) is 0 Å². The van der Waals surface area contributed by atoms with E-state index in [1.165, 1.54) is 128 Å². The molecule has 0 saturated heterocycles. The summed E-state index contributed by atoms with van der Waals surface area (Å²) in [5.74, 6) is -0.855. The third kappa shape index (κ3) is 74.7. The van der Waals surface area contributed by atoms with Crippen LogP contribution in [0.1, 0.15) is 296 Å². The van der Waals surface area contributed by atoms with Crippen molar-refractivity contribution in [1.82, 2.24) is 0 Å². The lowest BCUT2D eigenvalue weighted by atomic mass is 10.0. The van der Waals surface area contributed by atoms with E-state index in [0.717, 1.165) is 135 Å². The highest BCUT2D eigenvalue weighted by molar-refractivity contribution is 7.45. The Morgan fingerprint density at radius 2 is 0.587 bits per heavy atom. The maximum atomic E-state index is 12.9. The zero-order valence-electron chi connectivity index (χ0n) is 59.7. The van der Waals surface area contributed by atoms with Gasteiger partial charge in [-0.25, -0.2) is 0 Å². The van der Waals surface area contributed by atoms with Crippen LogP contribution in [0.2, 0.25) is 0 Å². The summed E-state index contributed by atoms with van der Waals surface area (Å²) in [6.45, 7) is 3.99. The molecule has 0 spiro atoms. The van der Waals surface area contributed by atoms with E-state index in [2.05, 4.69) is 172 Å². The van der Waals surface area contributed by atoms with Gasteiger partial charge in [0.15, 0.2) is 6.10 Å². The van der Waals surface area contributed by atoms with Gasteiger partial charge in [-0.3, -0.25) is 14.2 Å². The van der Waals surface area contributed by atoms with E-state index >= 15 is 0 Å². The molecule has 0 aromatic carbocycles. The summed E-state index contributed by atoms with van der Waals surface area (Å²) in [7, 11) is 1.14. The number of phosphoric ester groups is 1. The Hall–Kier alpha value is -4.37. The molecule has 0 aromatic heterocycles. The summed E-state index contributed by atoms with van der Waals surface area (Å²) in [6, 6.07) is 0. The van der Waals surface area contributed by atoms with Gasteiger partial charge < -0.3 is 27.9 Å². The van der Waals surface area contributed by atoms with E-state index in [1.807, 2.05) is 21.1 Å². The number of nitrogens with zero attached hydrogens (tertiary/aromatic N) is 1. The standard InChI is InChI=1S/C82H138NO8P/c1-6-8-10-12-14-16-18-20-22-24-26-28-30-32-34-35-36-37-38-39-40-41-42-43-44-45-46-47-49-50-52-54-56-58-60-62-64-66-68-70-72-74-81(84)88-78-80(79-90-92(86,87)89-77-76-83(3,4)5)91-82(85)75-73-71-69-67-65-63-61-59-57-55-53-51-48-33-31-29-27-25-23-21-19-17-15-13-11-9-7-2/h8-11,14-17,20-23,26-29,32-34,36-37,48,53,55,59,61,80H,6-7,12-13,18-19,24-25,30-31,35,38-47,49-52,54,56-58,60,62-79H2,1-5H3/b10-8-,11-9-,16-14-,17-15-,22-20-,23-21-,28-26-,29-27-,34-32-,37-36-,48-33-,55-53-,61-59-. The molecule has 92 heavy (non-hydrogen) atoms. The minimum atomic E-state index is -4.66. The number of unbranched alkanes of at least 4 members (excludes halogenated alkanes) is 27. The number of likely N-dealkylation sites (N-methyl/N-ethyl adjacent to an activating group) is 1. The van der Waals surface area contributed by atoms with E-state index < -0.39 is 26.5 Å². The van der Waals surface area contributed by atoms with Crippen LogP contribution < -0.4 is 4.89 Å². The second kappa shape index (κ2) is 70.9. The van der Waals surface area contributed by atoms with Gasteiger partial charge in [0.05, 0.1) is 27.7 Å². The van der Waals surface area contributed by atoms with Gasteiger partial charge in [-0.05, 0) is 122 Å². The lowest BCUT2D eigenvalue weighted by molar-refractivity contribution is -0.870. The molecule has 2 atom stereocenters. The predicted molar refractivity (Wildman–Crippen MR) is 397 cm³/mol. The smallest absolute Gasteiger partial charge is 0.306 e. The first-order chi connectivity index (χ1) is 45.0. The second-order valence-electron chi connectivity index (χ2n) is 25.5. The van der Waals surface area contributed by atoms with Crippen LogP contribution in [-0.4, -0.2) is 70.0 Å². The van der Waals surface area contributed by atoms with Crippen molar-refractivity contribution in [3.63, 3.8) is 0 Å². The molecule has 524 valence electrons. The van der Waals surface area contributed by atoms with Gasteiger partial charge in [0.25, 0.3) is 7.82 Å². The molecular formula is C82H138NO8P. The molecule has 2 unspecified atom stereocenters. The van der Waals surface area contributed by atoms with Crippen molar-refractivity contribution in [2.45, 2.75) is 302 Å². The first-order valence-electron chi connectivity index (χ1n) is 37.2. The lowest BCUT2D eigenvalue weighted by Crippen LogP contribution is -2.37. The van der Waals surface area contributed by atoms with Crippen molar-refractivity contribution in [3.05, 3.63) is 158 Å². The van der Waals surface area contributed by atoms with Crippen LogP contribution in [-0.2, 0) is 32.7 Å². The molecule has 0 heterocycles. The summed E-state index contributed by atoms with van der Waals surface area (Å²) in [4.78, 5) is 38.1. The van der Waals surface area contributed by atoms with Crippen molar-refractivity contribution in [1.29, 1.82) is 0 Å². The minimum absolute atomic E-state index is 0.0411. The fourth-order valence-electron chi connectivity index (χ4n) is 9.94. The number of phosphoric acid groups is 1. The van der Waals surface area contributed by atoms with Gasteiger partial charge in [0.2, 0.25) is 0 Å². The molecule has 10 heteroatoms. The number of quaternary nitrogens is 1. The first kappa shape index (κ1) is 87.6. The number of esters is 2. The highest BCUT2D eigenvalue weighted by atomic mass is 31.2. The lowest BCUT2D eigenvalue weighted by Gasteiger charge is -2.28. The highest BCUT2D eigenvalue weighted by Crippen LogP contribution is 2.38. The normalized spacial score (nSPS) is 14.0. The van der Waals surface area contributed by atoms with E-state index in [-0.39, 0.29) is 32.0 Å². The number of rotatable bonds is 67. The minimum Gasteiger partial charge on any atom is -0.756 e. The predicted octanol–water partition coefficient (Wildman–Crippen LogP) is 24.1. The fraction of sp³-hybridized carbons (Fsp3) is 0.659. The van der Waals surface area contributed by atoms with Gasteiger partial charge in [-0.2, -0.15) is 0 Å². The molecule has 0 aliphatic rings. The molecule has 0 fully saturated rings. The Morgan fingerprint density at radius 1 is 0.337 bits per heavy atom. The third-order valence-electron chi connectivity index (χ3n) is 15.5. The molecule has 9 nitrogen and oxygen atoms in total. The number of carbonyl (C=O) groups excluding carboxylic acids is 2. The van der Waals surface area contributed by atoms with Crippen molar-refractivity contribution in [3.8, 4) is 0 Å². The van der Waals surface area contributed by atoms with Crippen molar-refractivity contribution in [2.24, 2.45) is 0 Å². The van der Waals surface area contributed by atoms with Crippen LogP contribution in [0.3, 0.4) is 0 Å². The summed E-state index contributed by atoms with van der Waals surface area (Å²) in [5.41, 5.74) is 0. The highest BCUT2D eigenvalue weighted by Gasteiger charge is 2.22. The number of ether oxygens (including phenoxy) is 2. The van der Waals surface area contributed by atoms with Crippen LogP contribution >= 0.6 is 7.82 Å². The SMILES string of the molecule is CC/C=C\C/C=C\C/C=C\C/C=C\C/C=C\C/C=C\C/C=C\CCCCCCCC(=O)OC(COC(=O)CCCCCCCCCCCCCCCCCCCCCCCC/C=C\C/C=C\C/C=C\C/C=C\C/C=C\C/C=C\CC)COP(=O)([O-])OCC[N+](C)(C)C. The van der Waals surface area contributed by atoms with Crippen molar-refractivity contribution in [2.75, 3.05) is 47.5 Å². The monoisotopic (exact) mass is 1300 g/mol. The maximum Gasteiger partial charge on any atom is 0.306 e. The van der Waals surface area contributed by atoms with E-state index in [4.69, 9.17) is 18.5 Å². The van der Waals surface area contributed by atoms with Gasteiger partial charge in [-0.15, -0.1) is 0 Å². The molecule has 0 saturated carbocycles. The Bertz CT molecular complexity index is 2110. The molecule has 0 aliphatic heterocycles. The van der Waals surface area contributed by atoms with Gasteiger partial charge >= 0.3 is 11.9 Å². The average molecular weight is 1300 g/mol. The zero-order valence-corrected chi connectivity index (χ0v) is 60.6. The number of hydrogen-bond donors (Lipinski definition) is 0. The van der Waals surface area contributed by atoms with Crippen LogP contribution in [0.5, 0.6) is 0 Å².